The summed E-state index contributed by atoms with van der Waals surface area (Å²) in [6, 6.07) is 17.1. The lowest BCUT2D eigenvalue weighted by molar-refractivity contribution is -0.187. The standard InChI is InChI=1S/C21H22BrNO4/c1-2-6-18-13-21(20(24)25,27-23-18)19(16-9-11-17(22)12-10-16)26-14-15-7-4-3-5-8-15/h3-5,7-12,19H,2,6,13-14H2,1H3,(H,24,25). The zero-order valence-corrected chi connectivity index (χ0v) is 16.7. The lowest BCUT2D eigenvalue weighted by Crippen LogP contribution is -2.46. The van der Waals surface area contributed by atoms with Crippen molar-refractivity contribution in [3.63, 3.8) is 0 Å². The summed E-state index contributed by atoms with van der Waals surface area (Å²) >= 11 is 3.42. The Bertz CT molecular complexity index is 807. The molecule has 5 nitrogen and oxygen atoms in total. The van der Waals surface area contributed by atoms with E-state index < -0.39 is 17.7 Å². The Morgan fingerprint density at radius 3 is 2.59 bits per heavy atom. The van der Waals surface area contributed by atoms with Crippen LogP contribution >= 0.6 is 15.9 Å². The number of hydrogen-bond donors (Lipinski definition) is 1. The van der Waals surface area contributed by atoms with Gasteiger partial charge in [-0.3, -0.25) is 0 Å². The summed E-state index contributed by atoms with van der Waals surface area (Å²) in [5.74, 6) is -1.07. The molecule has 0 spiro atoms. The van der Waals surface area contributed by atoms with Crippen LogP contribution in [0.15, 0.2) is 64.2 Å². The monoisotopic (exact) mass is 431 g/mol. The Hall–Kier alpha value is -2.18. The number of halogens is 1. The van der Waals surface area contributed by atoms with Crippen LogP contribution in [0.1, 0.15) is 43.4 Å². The van der Waals surface area contributed by atoms with E-state index in [1.165, 1.54) is 0 Å². The van der Waals surface area contributed by atoms with Crippen LogP contribution in [0.3, 0.4) is 0 Å². The average molecular weight is 432 g/mol. The summed E-state index contributed by atoms with van der Waals surface area (Å²) in [5, 5.41) is 14.1. The summed E-state index contributed by atoms with van der Waals surface area (Å²) in [6.07, 6.45) is 1.01. The Kier molecular flexibility index (Phi) is 6.29. The number of carboxylic acid groups (broad SMARTS) is 1. The van der Waals surface area contributed by atoms with Crippen LogP contribution in [-0.2, 0) is 21.0 Å². The number of hydrogen-bond acceptors (Lipinski definition) is 4. The van der Waals surface area contributed by atoms with Crippen LogP contribution in [0.2, 0.25) is 0 Å². The maximum Gasteiger partial charge on any atom is 0.354 e. The second-order valence-electron chi connectivity index (χ2n) is 6.60. The number of rotatable bonds is 8. The number of benzene rings is 2. The molecule has 2 aromatic rings. The van der Waals surface area contributed by atoms with Gasteiger partial charge in [0.05, 0.1) is 12.3 Å². The molecule has 27 heavy (non-hydrogen) atoms. The molecule has 0 fully saturated rings. The first-order chi connectivity index (χ1) is 13.0. The summed E-state index contributed by atoms with van der Waals surface area (Å²) in [5.41, 5.74) is 0.898. The lowest BCUT2D eigenvalue weighted by atomic mass is 9.85. The van der Waals surface area contributed by atoms with Gasteiger partial charge in [0, 0.05) is 10.9 Å². The fourth-order valence-corrected chi connectivity index (χ4v) is 3.46. The molecule has 0 aromatic heterocycles. The third kappa shape index (κ3) is 4.39. The Morgan fingerprint density at radius 2 is 1.96 bits per heavy atom. The molecule has 1 aliphatic heterocycles. The van der Waals surface area contributed by atoms with Crippen LogP contribution < -0.4 is 0 Å². The molecule has 0 aliphatic carbocycles. The van der Waals surface area contributed by atoms with Crippen LogP contribution in [0.4, 0.5) is 0 Å². The minimum absolute atomic E-state index is 0.214. The second-order valence-corrected chi connectivity index (χ2v) is 7.51. The number of carbonyl (C=O) groups is 1. The predicted molar refractivity (Wildman–Crippen MR) is 107 cm³/mol. The van der Waals surface area contributed by atoms with Gasteiger partial charge in [-0.25, -0.2) is 4.79 Å². The molecule has 2 unspecified atom stereocenters. The van der Waals surface area contributed by atoms with Gasteiger partial charge >= 0.3 is 5.97 Å². The maximum absolute atomic E-state index is 12.3. The van der Waals surface area contributed by atoms with Crippen LogP contribution in [-0.4, -0.2) is 22.4 Å². The minimum atomic E-state index is -1.56. The molecule has 0 saturated carbocycles. The van der Waals surface area contributed by atoms with Gasteiger partial charge in [0.15, 0.2) is 0 Å². The molecule has 2 aromatic carbocycles. The Balaban J connectivity index is 1.92. The molecular weight excluding hydrogens is 410 g/mol. The quantitative estimate of drug-likeness (QED) is 0.630. The summed E-state index contributed by atoms with van der Waals surface area (Å²) < 4.78 is 7.04. The van der Waals surface area contributed by atoms with E-state index in [2.05, 4.69) is 21.1 Å². The van der Waals surface area contributed by atoms with Gasteiger partial charge in [-0.15, -0.1) is 0 Å². The van der Waals surface area contributed by atoms with Crippen molar-refractivity contribution in [1.29, 1.82) is 0 Å². The first kappa shape index (κ1) is 19.6. The number of aliphatic carboxylic acids is 1. The Morgan fingerprint density at radius 1 is 1.26 bits per heavy atom. The highest BCUT2D eigenvalue weighted by atomic mass is 79.9. The SMILES string of the molecule is CCCC1=NOC(C(=O)O)(C(OCc2ccccc2)c2ccc(Br)cc2)C1. The highest BCUT2D eigenvalue weighted by molar-refractivity contribution is 9.10. The number of oxime groups is 1. The van der Waals surface area contributed by atoms with Crippen molar-refractivity contribution in [2.75, 3.05) is 0 Å². The van der Waals surface area contributed by atoms with Gasteiger partial charge in [-0.05, 0) is 29.7 Å². The van der Waals surface area contributed by atoms with E-state index in [0.29, 0.717) is 6.42 Å². The molecule has 0 saturated heterocycles. The van der Waals surface area contributed by atoms with Crippen molar-refractivity contribution < 1.29 is 19.5 Å². The van der Waals surface area contributed by atoms with E-state index >= 15 is 0 Å². The third-order valence-electron chi connectivity index (χ3n) is 4.56. The fraction of sp³-hybridized carbons (Fsp3) is 0.333. The molecular formula is C21H22BrNO4. The molecule has 0 bridgehead atoms. The molecule has 0 radical (unpaired) electrons. The highest BCUT2D eigenvalue weighted by Crippen LogP contribution is 2.41. The zero-order chi connectivity index (χ0) is 19.3. The number of carboxylic acids is 1. The van der Waals surface area contributed by atoms with E-state index in [1.54, 1.807) is 0 Å². The van der Waals surface area contributed by atoms with E-state index in [4.69, 9.17) is 9.57 Å². The normalized spacial score (nSPS) is 20.0. The summed E-state index contributed by atoms with van der Waals surface area (Å²) in [7, 11) is 0. The van der Waals surface area contributed by atoms with Crippen LogP contribution in [0.25, 0.3) is 0 Å². The smallest absolute Gasteiger partial charge is 0.354 e. The zero-order valence-electron chi connectivity index (χ0n) is 15.1. The first-order valence-electron chi connectivity index (χ1n) is 8.93. The van der Waals surface area contributed by atoms with E-state index in [-0.39, 0.29) is 13.0 Å². The fourth-order valence-electron chi connectivity index (χ4n) is 3.20. The van der Waals surface area contributed by atoms with Gasteiger partial charge in [-0.1, -0.05) is 76.9 Å². The van der Waals surface area contributed by atoms with Gasteiger partial charge in [0.1, 0.15) is 6.10 Å². The van der Waals surface area contributed by atoms with Crippen molar-refractivity contribution in [2.24, 2.45) is 5.16 Å². The predicted octanol–water partition coefficient (Wildman–Crippen LogP) is 5.11. The lowest BCUT2D eigenvalue weighted by Gasteiger charge is -2.31. The third-order valence-corrected chi connectivity index (χ3v) is 5.09. The van der Waals surface area contributed by atoms with Crippen molar-refractivity contribution in [2.45, 2.75) is 44.5 Å². The molecule has 142 valence electrons. The van der Waals surface area contributed by atoms with Crippen LogP contribution in [0.5, 0.6) is 0 Å². The number of ether oxygens (including phenoxy) is 1. The molecule has 6 heteroatoms. The maximum atomic E-state index is 12.3. The van der Waals surface area contributed by atoms with Gasteiger partial charge in [0.2, 0.25) is 0 Å². The topological polar surface area (TPSA) is 68.1 Å². The first-order valence-corrected chi connectivity index (χ1v) is 9.73. The molecule has 1 aliphatic rings. The summed E-state index contributed by atoms with van der Waals surface area (Å²) in [4.78, 5) is 17.8. The average Bonchev–Trinajstić information content (AvgIpc) is 3.10. The molecule has 2 atom stereocenters. The van der Waals surface area contributed by atoms with Crippen molar-refractivity contribution in [3.05, 3.63) is 70.2 Å². The van der Waals surface area contributed by atoms with E-state index in [1.807, 2.05) is 61.5 Å². The van der Waals surface area contributed by atoms with Crippen LogP contribution in [0, 0.1) is 0 Å². The molecule has 0 amide bonds. The van der Waals surface area contributed by atoms with Gasteiger partial charge < -0.3 is 14.7 Å². The highest BCUT2D eigenvalue weighted by Gasteiger charge is 2.54. The van der Waals surface area contributed by atoms with Crippen molar-refractivity contribution in [1.82, 2.24) is 0 Å². The second kappa shape index (κ2) is 8.67. The minimum Gasteiger partial charge on any atom is -0.478 e. The van der Waals surface area contributed by atoms with Gasteiger partial charge in [0.25, 0.3) is 5.60 Å². The molecule has 1 N–H and O–H groups in total. The largest absolute Gasteiger partial charge is 0.478 e. The molecule has 1 heterocycles. The van der Waals surface area contributed by atoms with Gasteiger partial charge in [-0.2, -0.15) is 0 Å². The van der Waals surface area contributed by atoms with Crippen molar-refractivity contribution >= 4 is 27.6 Å². The molecule has 3 rings (SSSR count). The van der Waals surface area contributed by atoms with Crippen molar-refractivity contribution in [3.8, 4) is 0 Å². The van der Waals surface area contributed by atoms with E-state index in [9.17, 15) is 9.90 Å². The Labute approximate surface area is 167 Å². The van der Waals surface area contributed by atoms with E-state index in [0.717, 1.165) is 27.7 Å². The summed E-state index contributed by atoms with van der Waals surface area (Å²) in [6.45, 7) is 2.31. The number of nitrogens with zero attached hydrogens (tertiary/aromatic N) is 1.